The molecule has 0 saturated carbocycles. The van der Waals surface area contributed by atoms with Gasteiger partial charge in [-0.25, -0.2) is 4.79 Å². The molecule has 39 heavy (non-hydrogen) atoms. The zero-order chi connectivity index (χ0) is 28.3. The van der Waals surface area contributed by atoms with E-state index in [1.54, 1.807) is 12.1 Å². The fourth-order valence-corrected chi connectivity index (χ4v) is 4.21. The highest BCUT2D eigenvalue weighted by Crippen LogP contribution is 2.29. The molecule has 15 heteroatoms. The van der Waals surface area contributed by atoms with Crippen molar-refractivity contribution in [3.05, 3.63) is 35.9 Å². The van der Waals surface area contributed by atoms with E-state index >= 15 is 0 Å². The molecule has 0 bridgehead atoms. The molecule has 1 aromatic rings. The molecule has 3 aliphatic rings. The van der Waals surface area contributed by atoms with E-state index in [0.29, 0.717) is 5.56 Å². The number of hydrogen-bond donors (Lipinski definition) is 8. The van der Waals surface area contributed by atoms with E-state index < -0.39 is 86.4 Å². The Hall–Kier alpha value is -2.25. The molecule has 0 amide bonds. The first kappa shape index (κ1) is 29.7. The summed E-state index contributed by atoms with van der Waals surface area (Å²) in [5.41, 5.74) is 0.626. The predicted molar refractivity (Wildman–Crippen MR) is 124 cm³/mol. The van der Waals surface area contributed by atoms with Gasteiger partial charge in [0.05, 0.1) is 13.2 Å². The standard InChI is InChI=1S/C24H32O15/c25-11-4-1-10(2-5-11)3-6-15(27)34-8-13-17(29)19(31)24(38-13)39-21-12(26)7-36-23(20(21)32)37-14-9-35-22(33)18(30)16(14)28/h1-6,12-14,16-26,28-33H,7-9H2/t12-,13+,14-,16+,17+,18-,19-,20-,21+,22-,23+,24+/m1/s1. The number of esters is 1. The maximum atomic E-state index is 12.0. The molecule has 3 saturated heterocycles. The monoisotopic (exact) mass is 560 g/mol. The van der Waals surface area contributed by atoms with Crippen molar-refractivity contribution in [2.45, 2.75) is 73.8 Å². The van der Waals surface area contributed by atoms with Gasteiger partial charge in [0, 0.05) is 6.08 Å². The van der Waals surface area contributed by atoms with Gasteiger partial charge in [-0.15, -0.1) is 0 Å². The van der Waals surface area contributed by atoms with Crippen molar-refractivity contribution in [3.63, 3.8) is 0 Å². The number of hydrogen-bond acceptors (Lipinski definition) is 15. The summed E-state index contributed by atoms with van der Waals surface area (Å²) in [4.78, 5) is 12.0. The Morgan fingerprint density at radius 2 is 1.56 bits per heavy atom. The van der Waals surface area contributed by atoms with Crippen molar-refractivity contribution in [1.29, 1.82) is 0 Å². The number of aliphatic hydroxyl groups excluding tert-OH is 7. The van der Waals surface area contributed by atoms with Crippen molar-refractivity contribution < 1.29 is 74.1 Å². The van der Waals surface area contributed by atoms with Crippen LogP contribution in [0.5, 0.6) is 5.75 Å². The first-order chi connectivity index (χ1) is 18.5. The van der Waals surface area contributed by atoms with Gasteiger partial charge in [-0.1, -0.05) is 12.1 Å². The Kier molecular flexibility index (Phi) is 9.87. The van der Waals surface area contributed by atoms with E-state index in [1.165, 1.54) is 18.2 Å². The van der Waals surface area contributed by atoms with Crippen LogP contribution in [0.4, 0.5) is 0 Å². The van der Waals surface area contributed by atoms with Crippen molar-refractivity contribution in [3.8, 4) is 5.75 Å². The number of phenols is 1. The highest BCUT2D eigenvalue weighted by molar-refractivity contribution is 5.87. The highest BCUT2D eigenvalue weighted by Gasteiger charge is 2.50. The summed E-state index contributed by atoms with van der Waals surface area (Å²) in [6.45, 7) is -1.17. The van der Waals surface area contributed by atoms with E-state index in [1.807, 2.05) is 0 Å². The summed E-state index contributed by atoms with van der Waals surface area (Å²) in [6.07, 6.45) is -15.4. The fraction of sp³-hybridized carbons (Fsp3) is 0.625. The van der Waals surface area contributed by atoms with Crippen LogP contribution in [0.2, 0.25) is 0 Å². The third-order valence-corrected chi connectivity index (χ3v) is 6.49. The van der Waals surface area contributed by atoms with Crippen LogP contribution in [-0.2, 0) is 33.2 Å². The number of aromatic hydroxyl groups is 1. The van der Waals surface area contributed by atoms with Crippen molar-refractivity contribution in [2.24, 2.45) is 0 Å². The molecule has 0 unspecified atom stereocenters. The molecule has 15 nitrogen and oxygen atoms in total. The van der Waals surface area contributed by atoms with E-state index in [9.17, 15) is 45.6 Å². The summed E-state index contributed by atoms with van der Waals surface area (Å²) in [7, 11) is 0. The summed E-state index contributed by atoms with van der Waals surface area (Å²) in [5, 5.41) is 80.3. The van der Waals surface area contributed by atoms with E-state index in [4.69, 9.17) is 28.4 Å². The molecule has 1 aromatic carbocycles. The fourth-order valence-electron chi connectivity index (χ4n) is 4.21. The van der Waals surface area contributed by atoms with Crippen LogP contribution in [0.15, 0.2) is 30.3 Å². The second-order valence-corrected chi connectivity index (χ2v) is 9.32. The SMILES string of the molecule is O=C(C=Cc1ccc(O)cc1)OC[C@@H]1O[C@@H](O[C@@H]2[C@@H](O)[C@H](O[C@@H]3CO[C@@H](O)[C@H](O)[C@H]3O)OC[C@H]2O)[C@H](O)[C@H]1O. The van der Waals surface area contributed by atoms with E-state index in [-0.39, 0.29) is 19.0 Å². The summed E-state index contributed by atoms with van der Waals surface area (Å²) in [6, 6.07) is 6.04. The van der Waals surface area contributed by atoms with Crippen LogP contribution in [0, 0.1) is 0 Å². The summed E-state index contributed by atoms with van der Waals surface area (Å²) >= 11 is 0. The molecule has 0 aromatic heterocycles. The molecular weight excluding hydrogens is 528 g/mol. The van der Waals surface area contributed by atoms with Crippen molar-refractivity contribution in [1.82, 2.24) is 0 Å². The molecule has 12 atom stereocenters. The molecule has 3 heterocycles. The number of benzene rings is 1. The first-order valence-electron chi connectivity index (χ1n) is 12.1. The lowest BCUT2D eigenvalue weighted by molar-refractivity contribution is -0.338. The van der Waals surface area contributed by atoms with Gasteiger partial charge in [0.25, 0.3) is 0 Å². The molecule has 218 valence electrons. The number of carbonyl (C=O) groups is 1. The molecule has 3 fully saturated rings. The van der Waals surface area contributed by atoms with E-state index in [0.717, 1.165) is 6.08 Å². The number of rotatable bonds is 8. The highest BCUT2D eigenvalue weighted by atomic mass is 16.7. The van der Waals surface area contributed by atoms with Crippen molar-refractivity contribution >= 4 is 12.0 Å². The van der Waals surface area contributed by atoms with Gasteiger partial charge in [0.1, 0.15) is 67.3 Å². The minimum absolute atomic E-state index is 0.0689. The number of ether oxygens (including phenoxy) is 6. The largest absolute Gasteiger partial charge is 0.508 e. The summed E-state index contributed by atoms with van der Waals surface area (Å²) < 4.78 is 31.7. The molecule has 0 radical (unpaired) electrons. The second-order valence-electron chi connectivity index (χ2n) is 9.32. The van der Waals surface area contributed by atoms with Crippen molar-refractivity contribution in [2.75, 3.05) is 19.8 Å². The quantitative estimate of drug-likeness (QED) is 0.113. The maximum absolute atomic E-state index is 12.0. The second kappa shape index (κ2) is 12.9. The van der Waals surface area contributed by atoms with Gasteiger partial charge in [-0.05, 0) is 23.8 Å². The number of phenolic OH excluding ortho intramolecular Hbond substituents is 1. The Bertz CT molecular complexity index is 973. The third kappa shape index (κ3) is 7.10. The molecule has 3 aliphatic heterocycles. The lowest BCUT2D eigenvalue weighted by atomic mass is 10.0. The zero-order valence-corrected chi connectivity index (χ0v) is 20.4. The Morgan fingerprint density at radius 1 is 0.846 bits per heavy atom. The van der Waals surface area contributed by atoms with Crippen LogP contribution in [0.25, 0.3) is 6.08 Å². The normalized spacial score (nSPS) is 41.1. The molecule has 0 spiro atoms. The van der Waals surface area contributed by atoms with Gasteiger partial charge in [-0.2, -0.15) is 0 Å². The molecule has 8 N–H and O–H groups in total. The smallest absolute Gasteiger partial charge is 0.330 e. The minimum Gasteiger partial charge on any atom is -0.508 e. The first-order valence-corrected chi connectivity index (χ1v) is 12.1. The Balaban J connectivity index is 1.29. The molecule has 4 rings (SSSR count). The maximum Gasteiger partial charge on any atom is 0.330 e. The van der Waals surface area contributed by atoms with E-state index in [2.05, 4.69) is 0 Å². The van der Waals surface area contributed by atoms with Gasteiger partial charge in [0.15, 0.2) is 18.9 Å². The third-order valence-electron chi connectivity index (χ3n) is 6.49. The van der Waals surface area contributed by atoms with Gasteiger partial charge in [0.2, 0.25) is 0 Å². The topological polar surface area (TPSA) is 234 Å². The number of aliphatic hydroxyl groups is 7. The Morgan fingerprint density at radius 3 is 2.28 bits per heavy atom. The van der Waals surface area contributed by atoms with Crippen LogP contribution in [-0.4, -0.2) is 140 Å². The van der Waals surface area contributed by atoms with Gasteiger partial charge in [-0.3, -0.25) is 0 Å². The summed E-state index contributed by atoms with van der Waals surface area (Å²) in [5.74, 6) is -0.695. The zero-order valence-electron chi connectivity index (χ0n) is 20.4. The van der Waals surface area contributed by atoms with Gasteiger partial charge < -0.3 is 69.3 Å². The lowest BCUT2D eigenvalue weighted by Crippen LogP contribution is -2.60. The van der Waals surface area contributed by atoms with Crippen LogP contribution in [0.3, 0.4) is 0 Å². The van der Waals surface area contributed by atoms with Crippen LogP contribution < -0.4 is 0 Å². The minimum atomic E-state index is -1.68. The average molecular weight is 561 g/mol. The van der Waals surface area contributed by atoms with Crippen LogP contribution >= 0.6 is 0 Å². The predicted octanol–water partition coefficient (Wildman–Crippen LogP) is -3.69. The Labute approximate surface area is 221 Å². The van der Waals surface area contributed by atoms with Gasteiger partial charge >= 0.3 is 5.97 Å². The van der Waals surface area contributed by atoms with Crippen LogP contribution in [0.1, 0.15) is 5.56 Å². The average Bonchev–Trinajstić information content (AvgIpc) is 3.18. The molecular formula is C24H32O15. The molecule has 0 aliphatic carbocycles. The number of carbonyl (C=O) groups excluding carboxylic acids is 1. The lowest BCUT2D eigenvalue weighted by Gasteiger charge is -2.42.